The Labute approximate surface area is 142 Å². The number of alkyl halides is 3. The smallest absolute Gasteiger partial charge is 0.432 e. The minimum Gasteiger partial charge on any atom is -0.441 e. The molecule has 0 bridgehead atoms. The number of aromatic nitrogens is 1. The Morgan fingerprint density at radius 3 is 2.62 bits per heavy atom. The summed E-state index contributed by atoms with van der Waals surface area (Å²) in [6.45, 7) is 1.49. The number of thiazole rings is 1. The summed E-state index contributed by atoms with van der Waals surface area (Å²) < 4.78 is 43.9. The lowest BCUT2D eigenvalue weighted by Crippen LogP contribution is -2.26. The summed E-state index contributed by atoms with van der Waals surface area (Å²) in [6.07, 6.45) is -7.53. The first kappa shape index (κ1) is 18.1. The van der Waals surface area contributed by atoms with E-state index in [1.165, 1.54) is 12.3 Å². The Hall–Kier alpha value is -2.20. The third-order valence-electron chi connectivity index (χ3n) is 2.76. The lowest BCUT2D eigenvalue weighted by atomic mass is 10.2. The van der Waals surface area contributed by atoms with Crippen LogP contribution in [0.3, 0.4) is 0 Å². The predicted molar refractivity (Wildman–Crippen MR) is 79.2 cm³/mol. The van der Waals surface area contributed by atoms with Gasteiger partial charge in [-0.2, -0.15) is 13.2 Å². The molecule has 6 nitrogen and oxygen atoms in total. The van der Waals surface area contributed by atoms with E-state index in [1.807, 2.05) is 0 Å². The molecule has 0 fully saturated rings. The van der Waals surface area contributed by atoms with Crippen molar-refractivity contribution >= 4 is 34.6 Å². The van der Waals surface area contributed by atoms with Crippen molar-refractivity contribution in [3.05, 3.63) is 55.0 Å². The molecule has 0 saturated carbocycles. The number of nitrogens with zero attached hydrogens (tertiary/aromatic N) is 2. The molecule has 0 unspecified atom stereocenters. The molecule has 11 heteroatoms. The molecule has 0 N–H and O–H groups in total. The number of nitro groups is 1. The second-order valence-electron chi connectivity index (χ2n) is 4.57. The van der Waals surface area contributed by atoms with Gasteiger partial charge in [-0.1, -0.05) is 11.6 Å². The SMILES string of the molecule is Cc1csc([C@H](OC(=O)c2ccc(Cl)cc2[N+](=O)[O-])C(F)(F)F)n1. The highest BCUT2D eigenvalue weighted by Gasteiger charge is 2.46. The van der Waals surface area contributed by atoms with Crippen molar-refractivity contribution in [1.29, 1.82) is 0 Å². The van der Waals surface area contributed by atoms with Crippen LogP contribution >= 0.6 is 22.9 Å². The van der Waals surface area contributed by atoms with Crippen LogP contribution < -0.4 is 0 Å². The van der Waals surface area contributed by atoms with E-state index < -0.39 is 39.4 Å². The number of benzene rings is 1. The van der Waals surface area contributed by atoms with Gasteiger partial charge < -0.3 is 4.74 Å². The van der Waals surface area contributed by atoms with E-state index in [9.17, 15) is 28.1 Å². The molecule has 24 heavy (non-hydrogen) atoms. The molecule has 2 aromatic rings. The molecule has 128 valence electrons. The zero-order chi connectivity index (χ0) is 18.1. The first-order valence-electron chi connectivity index (χ1n) is 6.23. The first-order valence-corrected chi connectivity index (χ1v) is 7.49. The molecule has 0 spiro atoms. The fourth-order valence-electron chi connectivity index (χ4n) is 1.75. The highest BCUT2D eigenvalue weighted by Crippen LogP contribution is 2.38. The highest BCUT2D eigenvalue weighted by molar-refractivity contribution is 7.09. The van der Waals surface area contributed by atoms with Crippen molar-refractivity contribution in [1.82, 2.24) is 4.98 Å². The van der Waals surface area contributed by atoms with Crippen molar-refractivity contribution in [2.24, 2.45) is 0 Å². The number of carbonyl (C=O) groups excluding carboxylic acids is 1. The number of carbonyl (C=O) groups is 1. The molecule has 2 rings (SSSR count). The van der Waals surface area contributed by atoms with Crippen molar-refractivity contribution in [3.8, 4) is 0 Å². The van der Waals surface area contributed by atoms with Crippen LogP contribution in [0.15, 0.2) is 23.6 Å². The molecule has 1 heterocycles. The van der Waals surface area contributed by atoms with Crippen molar-refractivity contribution in [2.45, 2.75) is 19.2 Å². The van der Waals surface area contributed by atoms with E-state index in [-0.39, 0.29) is 5.02 Å². The molecule has 1 atom stereocenters. The topological polar surface area (TPSA) is 82.3 Å². The number of hydrogen-bond acceptors (Lipinski definition) is 6. The predicted octanol–water partition coefficient (Wildman–Crippen LogP) is 4.47. The Morgan fingerprint density at radius 2 is 2.12 bits per heavy atom. The van der Waals surface area contributed by atoms with E-state index >= 15 is 0 Å². The summed E-state index contributed by atoms with van der Waals surface area (Å²) in [4.78, 5) is 25.7. The minimum absolute atomic E-state index is 0.0406. The van der Waals surface area contributed by atoms with Gasteiger partial charge in [0, 0.05) is 22.2 Å². The zero-order valence-electron chi connectivity index (χ0n) is 11.8. The fraction of sp³-hybridized carbons (Fsp3) is 0.231. The van der Waals surface area contributed by atoms with Crippen molar-refractivity contribution < 1.29 is 27.6 Å². The molecule has 1 aromatic heterocycles. The van der Waals surface area contributed by atoms with Gasteiger partial charge in [0.05, 0.1) is 4.92 Å². The maximum absolute atomic E-state index is 13.1. The number of rotatable bonds is 4. The Balaban J connectivity index is 2.37. The van der Waals surface area contributed by atoms with Crippen LogP contribution in [-0.4, -0.2) is 22.1 Å². The molecule has 0 aliphatic carbocycles. The average Bonchev–Trinajstić information content (AvgIpc) is 2.89. The molecule has 0 radical (unpaired) electrons. The van der Waals surface area contributed by atoms with Gasteiger partial charge in [0.25, 0.3) is 5.69 Å². The van der Waals surface area contributed by atoms with E-state index in [0.717, 1.165) is 18.2 Å². The normalized spacial score (nSPS) is 12.7. The number of halogens is 4. The third-order valence-corrected chi connectivity index (χ3v) is 4.00. The van der Waals surface area contributed by atoms with Crippen LogP contribution in [0.4, 0.5) is 18.9 Å². The number of ether oxygens (including phenoxy) is 1. The molecule has 1 aromatic carbocycles. The Kier molecular flexibility index (Phi) is 5.09. The van der Waals surface area contributed by atoms with E-state index in [0.29, 0.717) is 17.0 Å². The Bertz CT molecular complexity index is 794. The van der Waals surface area contributed by atoms with Gasteiger partial charge in [-0.25, -0.2) is 9.78 Å². The van der Waals surface area contributed by atoms with Crippen LogP contribution in [-0.2, 0) is 4.74 Å². The molecule has 0 saturated heterocycles. The summed E-state index contributed by atoms with van der Waals surface area (Å²) in [5.74, 6) is -1.49. The second kappa shape index (κ2) is 6.73. The van der Waals surface area contributed by atoms with E-state index in [1.54, 1.807) is 0 Å². The molecule has 0 amide bonds. The third kappa shape index (κ3) is 4.01. The monoisotopic (exact) mass is 380 g/mol. The molecule has 0 aliphatic rings. The van der Waals surface area contributed by atoms with Crippen LogP contribution in [0.2, 0.25) is 5.02 Å². The van der Waals surface area contributed by atoms with Crippen LogP contribution in [0.5, 0.6) is 0 Å². The van der Waals surface area contributed by atoms with Crippen LogP contribution in [0.1, 0.15) is 27.2 Å². The van der Waals surface area contributed by atoms with Gasteiger partial charge in [0.2, 0.25) is 6.10 Å². The first-order chi connectivity index (χ1) is 11.1. The number of hydrogen-bond donors (Lipinski definition) is 0. The minimum atomic E-state index is -4.92. The number of aryl methyl sites for hydroxylation is 1. The highest BCUT2D eigenvalue weighted by atomic mass is 35.5. The lowest BCUT2D eigenvalue weighted by molar-refractivity contribution is -0.385. The van der Waals surface area contributed by atoms with E-state index in [4.69, 9.17) is 11.6 Å². The summed E-state index contributed by atoms with van der Waals surface area (Å²) in [7, 11) is 0. The second-order valence-corrected chi connectivity index (χ2v) is 5.90. The maximum Gasteiger partial charge on any atom is 0.432 e. The quantitative estimate of drug-likeness (QED) is 0.444. The largest absolute Gasteiger partial charge is 0.441 e. The summed E-state index contributed by atoms with van der Waals surface area (Å²) in [5, 5.41) is 11.8. The summed E-state index contributed by atoms with van der Waals surface area (Å²) >= 11 is 6.27. The maximum atomic E-state index is 13.1. The molecular weight excluding hydrogens is 373 g/mol. The molecular formula is C13H8ClF3N2O4S. The van der Waals surface area contributed by atoms with Crippen LogP contribution in [0.25, 0.3) is 0 Å². The average molecular weight is 381 g/mol. The summed E-state index contributed by atoms with van der Waals surface area (Å²) in [6, 6.07) is 2.93. The van der Waals surface area contributed by atoms with Gasteiger partial charge in [0.15, 0.2) is 0 Å². The van der Waals surface area contributed by atoms with Crippen molar-refractivity contribution in [2.75, 3.05) is 0 Å². The lowest BCUT2D eigenvalue weighted by Gasteiger charge is -2.18. The fourth-order valence-corrected chi connectivity index (χ4v) is 2.76. The standard InChI is InChI=1S/C13H8ClF3N2O4S/c1-6-5-24-11(18-6)10(13(15,16)17)23-12(20)8-3-2-7(14)4-9(8)19(21)22/h2-5,10H,1H3/t10-/m0/s1. The summed E-state index contributed by atoms with van der Waals surface area (Å²) in [5.41, 5.74) is -1.05. The van der Waals surface area contributed by atoms with E-state index in [2.05, 4.69) is 9.72 Å². The molecule has 0 aliphatic heterocycles. The zero-order valence-corrected chi connectivity index (χ0v) is 13.4. The number of esters is 1. The van der Waals surface area contributed by atoms with Crippen LogP contribution in [0, 0.1) is 17.0 Å². The van der Waals surface area contributed by atoms with Crippen molar-refractivity contribution in [3.63, 3.8) is 0 Å². The van der Waals surface area contributed by atoms with Gasteiger partial charge >= 0.3 is 12.1 Å². The van der Waals surface area contributed by atoms with Gasteiger partial charge in [-0.3, -0.25) is 10.1 Å². The Morgan fingerprint density at radius 1 is 1.46 bits per heavy atom. The number of nitro benzene ring substituents is 1. The van der Waals surface area contributed by atoms with Gasteiger partial charge in [0.1, 0.15) is 10.6 Å². The van der Waals surface area contributed by atoms with Gasteiger partial charge in [-0.05, 0) is 19.1 Å². The van der Waals surface area contributed by atoms with Gasteiger partial charge in [-0.15, -0.1) is 11.3 Å².